The second-order valence-corrected chi connectivity index (χ2v) is 7.17. The molecule has 0 radical (unpaired) electrons. The average molecular weight is 376 g/mol. The van der Waals surface area contributed by atoms with Gasteiger partial charge in [-0.2, -0.15) is 0 Å². The Bertz CT molecular complexity index is 833. The Balaban J connectivity index is 2.22. The molecule has 26 heavy (non-hydrogen) atoms. The lowest BCUT2D eigenvalue weighted by Crippen LogP contribution is -2.40. The largest absolute Gasteiger partial charge is 0.497 e. The number of methoxy groups -OCH3 is 3. The number of amidine groups is 1. The van der Waals surface area contributed by atoms with E-state index in [9.17, 15) is 9.59 Å². The van der Waals surface area contributed by atoms with Crippen LogP contribution >= 0.6 is 11.8 Å². The van der Waals surface area contributed by atoms with Gasteiger partial charge in [0.2, 0.25) is 5.91 Å². The van der Waals surface area contributed by atoms with Gasteiger partial charge in [-0.1, -0.05) is 11.8 Å². The topological polar surface area (TPSA) is 77.4 Å². The van der Waals surface area contributed by atoms with E-state index in [1.54, 1.807) is 37.1 Å². The molecule has 0 spiro atoms. The number of hydrogen-bond acceptors (Lipinski definition) is 7. The first-order valence-electron chi connectivity index (χ1n) is 8.02. The van der Waals surface area contributed by atoms with Crippen LogP contribution in [-0.4, -0.2) is 48.5 Å². The van der Waals surface area contributed by atoms with Crippen molar-refractivity contribution in [2.45, 2.75) is 25.1 Å². The lowest BCUT2D eigenvalue weighted by atomic mass is 9.93. The van der Waals surface area contributed by atoms with E-state index in [1.807, 2.05) is 6.92 Å². The van der Waals surface area contributed by atoms with Gasteiger partial charge in [0, 0.05) is 11.6 Å². The fraction of sp³-hybridized carbons (Fsp3) is 0.389. The number of amides is 1. The molecule has 7 nitrogen and oxygen atoms in total. The van der Waals surface area contributed by atoms with Crippen molar-refractivity contribution in [1.82, 2.24) is 4.90 Å². The number of carbonyl (C=O) groups is 2. The molecule has 2 atom stereocenters. The Morgan fingerprint density at radius 2 is 1.96 bits per heavy atom. The Kier molecular flexibility index (Phi) is 4.95. The second-order valence-electron chi connectivity index (χ2n) is 5.86. The summed E-state index contributed by atoms with van der Waals surface area (Å²) in [6.45, 7) is 3.57. The third-order valence-electron chi connectivity index (χ3n) is 4.40. The molecule has 2 aliphatic heterocycles. The molecule has 0 saturated carbocycles. The van der Waals surface area contributed by atoms with Gasteiger partial charge < -0.3 is 14.2 Å². The first-order valence-corrected chi connectivity index (χ1v) is 8.90. The van der Waals surface area contributed by atoms with Crippen LogP contribution in [0.15, 0.2) is 34.5 Å². The van der Waals surface area contributed by atoms with Crippen LogP contribution in [0.25, 0.3) is 0 Å². The van der Waals surface area contributed by atoms with Gasteiger partial charge >= 0.3 is 5.97 Å². The van der Waals surface area contributed by atoms with Gasteiger partial charge in [0.05, 0.1) is 37.8 Å². The number of hydrogen-bond donors (Lipinski definition) is 0. The molecule has 138 valence electrons. The maximum absolute atomic E-state index is 12.8. The maximum atomic E-state index is 12.8. The summed E-state index contributed by atoms with van der Waals surface area (Å²) in [5.41, 5.74) is 1.52. The van der Waals surface area contributed by atoms with Crippen LogP contribution in [0.5, 0.6) is 11.5 Å². The number of allylic oxidation sites excluding steroid dienone is 1. The zero-order chi connectivity index (χ0) is 19.0. The van der Waals surface area contributed by atoms with Crippen LogP contribution < -0.4 is 9.47 Å². The van der Waals surface area contributed by atoms with Crippen molar-refractivity contribution in [1.29, 1.82) is 0 Å². The Morgan fingerprint density at radius 1 is 1.23 bits per heavy atom. The number of aliphatic imine (C=N–C) groups is 1. The zero-order valence-electron chi connectivity index (χ0n) is 15.2. The number of carbonyl (C=O) groups excluding carboxylic acids is 2. The van der Waals surface area contributed by atoms with Crippen LogP contribution in [0.4, 0.5) is 0 Å². The lowest BCUT2D eigenvalue weighted by Gasteiger charge is -2.33. The summed E-state index contributed by atoms with van der Waals surface area (Å²) < 4.78 is 15.7. The van der Waals surface area contributed by atoms with Crippen LogP contribution in [0.1, 0.15) is 25.5 Å². The molecule has 2 heterocycles. The monoisotopic (exact) mass is 376 g/mol. The Morgan fingerprint density at radius 3 is 2.58 bits per heavy atom. The molecular formula is C18H20N2O5S. The summed E-state index contributed by atoms with van der Waals surface area (Å²) >= 11 is 1.38. The van der Waals surface area contributed by atoms with E-state index in [4.69, 9.17) is 14.2 Å². The van der Waals surface area contributed by atoms with Crippen molar-refractivity contribution in [2.24, 2.45) is 4.99 Å². The summed E-state index contributed by atoms with van der Waals surface area (Å²) in [4.78, 5) is 31.3. The van der Waals surface area contributed by atoms with Gasteiger partial charge in [0.25, 0.3) is 0 Å². The van der Waals surface area contributed by atoms with Gasteiger partial charge in [0.15, 0.2) is 5.17 Å². The average Bonchev–Trinajstić information content (AvgIpc) is 2.93. The molecule has 0 aromatic heterocycles. The first-order chi connectivity index (χ1) is 12.4. The maximum Gasteiger partial charge on any atom is 0.338 e. The Labute approximate surface area is 156 Å². The van der Waals surface area contributed by atoms with Gasteiger partial charge in [-0.25, -0.2) is 9.79 Å². The zero-order valence-corrected chi connectivity index (χ0v) is 16.0. The molecule has 8 heteroatoms. The van der Waals surface area contributed by atoms with Gasteiger partial charge in [-0.15, -0.1) is 0 Å². The number of ether oxygens (including phenoxy) is 3. The van der Waals surface area contributed by atoms with E-state index in [2.05, 4.69) is 4.99 Å². The standard InChI is InChI=1S/C18H20N2O5S/c1-9-14(17(22)25-5)15(20-16(21)10(2)26-18(20)19-9)12-7-6-11(23-3)8-13(12)24-4/h6-8,10,15H,1-5H3/t10-,15+/m1/s1. The van der Waals surface area contributed by atoms with Crippen LogP contribution in [-0.2, 0) is 14.3 Å². The summed E-state index contributed by atoms with van der Waals surface area (Å²) in [5.74, 6) is 0.504. The SMILES string of the molecule is COC(=O)C1=C(C)N=C2S[C@H](C)C(=O)N2[C@H]1c1ccc(OC)cc1OC. The Hall–Kier alpha value is -2.48. The van der Waals surface area contributed by atoms with E-state index < -0.39 is 12.0 Å². The van der Waals surface area contributed by atoms with E-state index in [-0.39, 0.29) is 11.2 Å². The van der Waals surface area contributed by atoms with Crippen LogP contribution in [0.2, 0.25) is 0 Å². The highest BCUT2D eigenvalue weighted by molar-refractivity contribution is 8.15. The van der Waals surface area contributed by atoms with E-state index in [1.165, 1.54) is 26.0 Å². The smallest absolute Gasteiger partial charge is 0.338 e. The summed E-state index contributed by atoms with van der Waals surface area (Å²) in [7, 11) is 4.41. The molecule has 1 saturated heterocycles. The highest BCUT2D eigenvalue weighted by Gasteiger charge is 2.47. The van der Waals surface area contributed by atoms with Crippen molar-refractivity contribution in [3.05, 3.63) is 35.0 Å². The lowest BCUT2D eigenvalue weighted by molar-refractivity contribution is -0.137. The minimum atomic E-state index is -0.666. The summed E-state index contributed by atoms with van der Waals surface area (Å²) in [6.07, 6.45) is 0. The highest BCUT2D eigenvalue weighted by atomic mass is 32.2. The summed E-state index contributed by atoms with van der Waals surface area (Å²) in [6, 6.07) is 4.62. The van der Waals surface area contributed by atoms with Crippen molar-refractivity contribution in [2.75, 3.05) is 21.3 Å². The molecular weight excluding hydrogens is 356 g/mol. The van der Waals surface area contributed by atoms with E-state index in [0.717, 1.165) is 0 Å². The van der Waals surface area contributed by atoms with E-state index in [0.29, 0.717) is 33.5 Å². The first kappa shape index (κ1) is 18.3. The van der Waals surface area contributed by atoms with Gasteiger partial charge in [-0.05, 0) is 26.0 Å². The van der Waals surface area contributed by atoms with Crippen LogP contribution in [0, 0.1) is 0 Å². The molecule has 0 aliphatic carbocycles. The quantitative estimate of drug-likeness (QED) is 0.752. The third-order valence-corrected chi connectivity index (χ3v) is 5.45. The minimum Gasteiger partial charge on any atom is -0.497 e. The molecule has 1 amide bonds. The molecule has 3 rings (SSSR count). The van der Waals surface area contributed by atoms with Gasteiger partial charge in [-0.3, -0.25) is 9.69 Å². The third kappa shape index (κ3) is 2.84. The number of fused-ring (bicyclic) bond motifs is 1. The van der Waals surface area contributed by atoms with Gasteiger partial charge in [0.1, 0.15) is 17.5 Å². The molecule has 1 aromatic carbocycles. The minimum absolute atomic E-state index is 0.106. The van der Waals surface area contributed by atoms with E-state index >= 15 is 0 Å². The number of thioether (sulfide) groups is 1. The molecule has 0 unspecified atom stereocenters. The molecule has 0 N–H and O–H groups in total. The molecule has 2 aliphatic rings. The molecule has 1 fully saturated rings. The van der Waals surface area contributed by atoms with Crippen molar-refractivity contribution in [3.8, 4) is 11.5 Å². The number of rotatable bonds is 4. The fourth-order valence-corrected chi connectivity index (χ4v) is 4.14. The summed E-state index contributed by atoms with van der Waals surface area (Å²) in [5, 5.41) is 0.306. The van der Waals surface area contributed by atoms with Crippen molar-refractivity contribution in [3.63, 3.8) is 0 Å². The number of esters is 1. The fourth-order valence-electron chi connectivity index (χ4n) is 3.11. The second kappa shape index (κ2) is 7.03. The number of nitrogens with zero attached hydrogens (tertiary/aromatic N) is 2. The molecule has 0 bridgehead atoms. The predicted molar refractivity (Wildman–Crippen MR) is 98.3 cm³/mol. The normalized spacial score (nSPS) is 22.1. The predicted octanol–water partition coefficient (Wildman–Crippen LogP) is 2.53. The van der Waals surface area contributed by atoms with Crippen molar-refractivity contribution >= 4 is 28.8 Å². The van der Waals surface area contributed by atoms with Crippen molar-refractivity contribution < 1.29 is 23.8 Å². The molecule has 1 aromatic rings. The number of benzene rings is 1. The van der Waals surface area contributed by atoms with Crippen LogP contribution in [0.3, 0.4) is 0 Å². The highest BCUT2D eigenvalue weighted by Crippen LogP contribution is 2.46.